The molecule has 6 heteroatoms. The summed E-state index contributed by atoms with van der Waals surface area (Å²) in [6.45, 7) is 6.71. The van der Waals surface area contributed by atoms with Crippen LogP contribution in [0.25, 0.3) is 5.69 Å². The molecule has 0 N–H and O–H groups in total. The minimum atomic E-state index is -0.184. The number of amides is 1. The maximum absolute atomic E-state index is 12.5. The number of benzene rings is 1. The van der Waals surface area contributed by atoms with Gasteiger partial charge in [-0.05, 0) is 30.9 Å². The van der Waals surface area contributed by atoms with Gasteiger partial charge < -0.3 is 9.42 Å². The Hall–Kier alpha value is -2.89. The zero-order chi connectivity index (χ0) is 18.7. The first-order valence-corrected chi connectivity index (χ1v) is 8.74. The van der Waals surface area contributed by atoms with E-state index in [9.17, 15) is 4.79 Å². The van der Waals surface area contributed by atoms with E-state index in [1.54, 1.807) is 24.2 Å². The van der Waals surface area contributed by atoms with E-state index < -0.39 is 0 Å². The van der Waals surface area contributed by atoms with Crippen molar-refractivity contribution in [2.24, 2.45) is 5.92 Å². The van der Waals surface area contributed by atoms with Crippen LogP contribution in [0.5, 0.6) is 0 Å². The average molecular weight is 352 g/mol. The quantitative estimate of drug-likeness (QED) is 0.679. The van der Waals surface area contributed by atoms with Crippen LogP contribution in [0.15, 0.2) is 47.2 Å². The SMILES string of the molecule is Cc1ccccc1-n1cc(CN(C)C(=O)c2cc(CC(C)C)no2)cn1. The van der Waals surface area contributed by atoms with Crippen LogP contribution in [-0.2, 0) is 13.0 Å². The van der Waals surface area contributed by atoms with Crippen LogP contribution < -0.4 is 0 Å². The van der Waals surface area contributed by atoms with Gasteiger partial charge in [0.2, 0.25) is 5.76 Å². The number of carbonyl (C=O) groups excluding carboxylic acids is 1. The van der Waals surface area contributed by atoms with E-state index in [2.05, 4.69) is 24.1 Å². The van der Waals surface area contributed by atoms with Gasteiger partial charge in [-0.3, -0.25) is 4.79 Å². The molecule has 0 saturated carbocycles. The lowest BCUT2D eigenvalue weighted by molar-refractivity contribution is 0.0743. The third-order valence-electron chi connectivity index (χ3n) is 4.15. The molecule has 3 rings (SSSR count). The first kappa shape index (κ1) is 17.9. The number of para-hydroxylation sites is 1. The Morgan fingerprint density at radius 1 is 1.31 bits per heavy atom. The molecule has 0 aliphatic carbocycles. The zero-order valence-electron chi connectivity index (χ0n) is 15.6. The normalized spacial score (nSPS) is 11.1. The van der Waals surface area contributed by atoms with E-state index in [0.29, 0.717) is 12.5 Å². The van der Waals surface area contributed by atoms with E-state index in [1.165, 1.54) is 0 Å². The van der Waals surface area contributed by atoms with Gasteiger partial charge in [0, 0.05) is 31.4 Å². The highest BCUT2D eigenvalue weighted by Gasteiger charge is 2.18. The molecule has 1 aromatic carbocycles. The zero-order valence-corrected chi connectivity index (χ0v) is 15.6. The van der Waals surface area contributed by atoms with Gasteiger partial charge in [-0.25, -0.2) is 4.68 Å². The maximum Gasteiger partial charge on any atom is 0.292 e. The van der Waals surface area contributed by atoms with Crippen LogP contribution in [0.4, 0.5) is 0 Å². The molecule has 0 spiro atoms. The number of aromatic nitrogens is 3. The van der Waals surface area contributed by atoms with Crippen LogP contribution in [0.3, 0.4) is 0 Å². The highest BCUT2D eigenvalue weighted by molar-refractivity contribution is 5.91. The average Bonchev–Trinajstić information content (AvgIpc) is 3.23. The molecule has 0 radical (unpaired) electrons. The van der Waals surface area contributed by atoms with Crippen molar-refractivity contribution in [2.45, 2.75) is 33.7 Å². The smallest absolute Gasteiger partial charge is 0.292 e. The lowest BCUT2D eigenvalue weighted by Gasteiger charge is -2.13. The van der Waals surface area contributed by atoms with Crippen molar-refractivity contribution >= 4 is 5.91 Å². The molecule has 1 amide bonds. The van der Waals surface area contributed by atoms with Gasteiger partial charge in [0.1, 0.15) is 0 Å². The second-order valence-corrected chi connectivity index (χ2v) is 7.02. The van der Waals surface area contributed by atoms with E-state index in [4.69, 9.17) is 4.52 Å². The summed E-state index contributed by atoms with van der Waals surface area (Å²) in [6.07, 6.45) is 4.52. The van der Waals surface area contributed by atoms with Crippen LogP contribution in [0.1, 0.15) is 41.2 Å². The predicted octanol–water partition coefficient (Wildman–Crippen LogP) is 3.64. The van der Waals surface area contributed by atoms with Gasteiger partial charge in [-0.2, -0.15) is 5.10 Å². The standard InChI is InChI=1S/C20H24N4O2/c1-14(2)9-17-10-19(26-22-17)20(25)23(4)12-16-11-21-24(13-16)18-8-6-5-7-15(18)3/h5-8,10-11,13-14H,9,12H2,1-4H3. The Morgan fingerprint density at radius 2 is 2.08 bits per heavy atom. The van der Waals surface area contributed by atoms with Crippen molar-refractivity contribution in [1.29, 1.82) is 0 Å². The molecule has 0 saturated heterocycles. The largest absolute Gasteiger partial charge is 0.351 e. The van der Waals surface area contributed by atoms with Crippen molar-refractivity contribution in [1.82, 2.24) is 19.8 Å². The number of hydrogen-bond donors (Lipinski definition) is 0. The topological polar surface area (TPSA) is 64.2 Å². The molecule has 0 unspecified atom stereocenters. The van der Waals surface area contributed by atoms with Gasteiger partial charge in [0.05, 0.1) is 17.6 Å². The highest BCUT2D eigenvalue weighted by atomic mass is 16.5. The fourth-order valence-corrected chi connectivity index (χ4v) is 2.85. The van der Waals surface area contributed by atoms with Gasteiger partial charge in [0.15, 0.2) is 0 Å². The minimum Gasteiger partial charge on any atom is -0.351 e. The van der Waals surface area contributed by atoms with Crippen molar-refractivity contribution in [3.8, 4) is 5.69 Å². The molecule has 136 valence electrons. The predicted molar refractivity (Wildman–Crippen MR) is 99.1 cm³/mol. The number of nitrogens with zero attached hydrogens (tertiary/aromatic N) is 4. The lowest BCUT2D eigenvalue weighted by Crippen LogP contribution is -2.25. The summed E-state index contributed by atoms with van der Waals surface area (Å²) in [6, 6.07) is 9.78. The van der Waals surface area contributed by atoms with Crippen LogP contribution in [0.2, 0.25) is 0 Å². The summed E-state index contributed by atoms with van der Waals surface area (Å²) in [7, 11) is 1.75. The fraction of sp³-hybridized carbons (Fsp3) is 0.350. The molecule has 0 aliphatic heterocycles. The lowest BCUT2D eigenvalue weighted by atomic mass is 10.1. The van der Waals surface area contributed by atoms with Gasteiger partial charge >= 0.3 is 0 Å². The van der Waals surface area contributed by atoms with Crippen LogP contribution >= 0.6 is 0 Å². The summed E-state index contributed by atoms with van der Waals surface area (Å²) in [4.78, 5) is 14.2. The third-order valence-corrected chi connectivity index (χ3v) is 4.15. The molecule has 0 aliphatic rings. The number of rotatable bonds is 6. The molecule has 0 atom stereocenters. The Morgan fingerprint density at radius 3 is 2.81 bits per heavy atom. The molecular formula is C20H24N4O2. The van der Waals surface area contributed by atoms with Gasteiger partial charge in [0.25, 0.3) is 5.91 Å². The Balaban J connectivity index is 1.68. The molecule has 0 bridgehead atoms. The van der Waals surface area contributed by atoms with Crippen molar-refractivity contribution < 1.29 is 9.32 Å². The second-order valence-electron chi connectivity index (χ2n) is 7.02. The highest BCUT2D eigenvalue weighted by Crippen LogP contribution is 2.15. The minimum absolute atomic E-state index is 0.184. The van der Waals surface area contributed by atoms with E-state index >= 15 is 0 Å². The molecular weight excluding hydrogens is 328 g/mol. The first-order valence-electron chi connectivity index (χ1n) is 8.74. The molecule has 2 heterocycles. The Bertz CT molecular complexity index is 895. The summed E-state index contributed by atoms with van der Waals surface area (Å²) < 4.78 is 7.05. The molecule has 26 heavy (non-hydrogen) atoms. The van der Waals surface area contributed by atoms with Crippen molar-refractivity contribution in [3.63, 3.8) is 0 Å². The Labute approximate surface area is 153 Å². The second kappa shape index (κ2) is 7.56. The molecule has 2 aromatic heterocycles. The van der Waals surface area contributed by atoms with Gasteiger partial charge in [-0.15, -0.1) is 0 Å². The number of hydrogen-bond acceptors (Lipinski definition) is 4. The van der Waals surface area contributed by atoms with Crippen molar-refractivity contribution in [3.05, 3.63) is 65.3 Å². The number of carbonyl (C=O) groups is 1. The molecule has 6 nitrogen and oxygen atoms in total. The number of aryl methyl sites for hydroxylation is 1. The third kappa shape index (κ3) is 4.02. The van der Waals surface area contributed by atoms with E-state index in [-0.39, 0.29) is 11.7 Å². The Kier molecular flexibility index (Phi) is 5.21. The van der Waals surface area contributed by atoms with Crippen molar-refractivity contribution in [2.75, 3.05) is 7.05 Å². The molecule has 0 fully saturated rings. The maximum atomic E-state index is 12.5. The summed E-state index contributed by atoms with van der Waals surface area (Å²) in [5.41, 5.74) is 3.93. The van der Waals surface area contributed by atoms with Gasteiger partial charge in [-0.1, -0.05) is 37.2 Å². The summed E-state index contributed by atoms with van der Waals surface area (Å²) >= 11 is 0. The monoisotopic (exact) mass is 352 g/mol. The first-order chi connectivity index (χ1) is 12.4. The fourth-order valence-electron chi connectivity index (χ4n) is 2.85. The van der Waals surface area contributed by atoms with Crippen LogP contribution in [0, 0.1) is 12.8 Å². The summed E-state index contributed by atoms with van der Waals surface area (Å²) in [5.74, 6) is 0.554. The van der Waals surface area contributed by atoms with E-state index in [1.807, 2.05) is 42.1 Å². The summed E-state index contributed by atoms with van der Waals surface area (Å²) in [5, 5.41) is 8.39. The van der Waals surface area contributed by atoms with Crippen LogP contribution in [-0.4, -0.2) is 32.8 Å². The molecule has 3 aromatic rings. The van der Waals surface area contributed by atoms with E-state index in [0.717, 1.165) is 28.9 Å².